The van der Waals surface area contributed by atoms with Crippen LogP contribution in [0.1, 0.15) is 10.4 Å². The van der Waals surface area contributed by atoms with Crippen LogP contribution < -0.4 is 11.1 Å². The van der Waals surface area contributed by atoms with Crippen LogP contribution in [0.2, 0.25) is 0 Å². The van der Waals surface area contributed by atoms with Crippen molar-refractivity contribution < 1.29 is 14.3 Å². The molecule has 0 saturated heterocycles. The van der Waals surface area contributed by atoms with Crippen molar-refractivity contribution in [1.82, 2.24) is 0 Å². The molecule has 0 unspecified atom stereocenters. The van der Waals surface area contributed by atoms with Crippen molar-refractivity contribution in [3.05, 3.63) is 47.8 Å². The first-order valence-corrected chi connectivity index (χ1v) is 6.97. The second kappa shape index (κ2) is 5.83. The molecule has 20 heavy (non-hydrogen) atoms. The summed E-state index contributed by atoms with van der Waals surface area (Å²) in [6.45, 7) is 0. The van der Waals surface area contributed by atoms with E-state index in [0.717, 1.165) is 11.0 Å². The molecule has 6 heteroatoms. The minimum atomic E-state index is -1.27. The van der Waals surface area contributed by atoms with Gasteiger partial charge in [0.25, 0.3) is 0 Å². The number of thioether (sulfide) groups is 1. The molecule has 0 atom stereocenters. The molecule has 4 nitrogen and oxygen atoms in total. The topological polar surface area (TPSA) is 75.3 Å². The molecule has 0 aliphatic carbocycles. The van der Waals surface area contributed by atoms with Gasteiger partial charge in [-0.3, -0.25) is 0 Å². The summed E-state index contributed by atoms with van der Waals surface area (Å²) in [4.78, 5) is 12.3. The maximum Gasteiger partial charge on any atom is 0.340 e. The second-order valence-corrected chi connectivity index (χ2v) is 4.92. The van der Waals surface area contributed by atoms with Gasteiger partial charge in [0.05, 0.1) is 11.4 Å². The lowest BCUT2D eigenvalue weighted by molar-refractivity contribution is 0.0698. The molecule has 0 aliphatic rings. The van der Waals surface area contributed by atoms with E-state index in [1.54, 1.807) is 11.8 Å². The summed E-state index contributed by atoms with van der Waals surface area (Å²) in [5, 5.41) is 12.1. The van der Waals surface area contributed by atoms with Crippen LogP contribution in [-0.4, -0.2) is 17.3 Å². The zero-order valence-electron chi connectivity index (χ0n) is 10.7. The predicted molar refractivity (Wildman–Crippen MR) is 79.3 cm³/mol. The summed E-state index contributed by atoms with van der Waals surface area (Å²) >= 11 is 1.60. The molecular formula is C14H13FN2O2S. The largest absolute Gasteiger partial charge is 0.478 e. The van der Waals surface area contributed by atoms with Crippen LogP contribution in [-0.2, 0) is 0 Å². The number of anilines is 3. The first-order valence-electron chi connectivity index (χ1n) is 5.75. The van der Waals surface area contributed by atoms with Gasteiger partial charge in [0.1, 0.15) is 11.4 Å². The number of nitrogen functional groups attached to an aromatic ring is 1. The Hall–Kier alpha value is -2.21. The maximum absolute atomic E-state index is 13.3. The van der Waals surface area contributed by atoms with Crippen LogP contribution in [0.3, 0.4) is 0 Å². The number of nitrogens with two attached hydrogens (primary N) is 1. The molecule has 0 spiro atoms. The molecule has 2 rings (SSSR count). The molecule has 4 N–H and O–H groups in total. The Kier molecular flexibility index (Phi) is 4.14. The predicted octanol–water partition coefficient (Wildman–Crippen LogP) is 3.57. The molecule has 0 radical (unpaired) electrons. The fourth-order valence-corrected chi connectivity index (χ4v) is 2.17. The van der Waals surface area contributed by atoms with Gasteiger partial charge in [-0.2, -0.15) is 0 Å². The molecule has 0 aliphatic heterocycles. The van der Waals surface area contributed by atoms with Gasteiger partial charge < -0.3 is 16.2 Å². The number of hydrogen-bond donors (Lipinski definition) is 3. The Morgan fingerprint density at radius 2 is 1.90 bits per heavy atom. The van der Waals surface area contributed by atoms with E-state index >= 15 is 0 Å². The molecule has 0 bridgehead atoms. The van der Waals surface area contributed by atoms with Gasteiger partial charge in [-0.05, 0) is 42.7 Å². The van der Waals surface area contributed by atoms with Gasteiger partial charge >= 0.3 is 5.97 Å². The van der Waals surface area contributed by atoms with E-state index in [-0.39, 0.29) is 16.9 Å². The Morgan fingerprint density at radius 1 is 1.25 bits per heavy atom. The van der Waals surface area contributed by atoms with Crippen molar-refractivity contribution in [3.8, 4) is 0 Å². The third-order valence-corrected chi connectivity index (χ3v) is 3.52. The number of halogens is 1. The van der Waals surface area contributed by atoms with E-state index in [4.69, 9.17) is 10.8 Å². The zero-order valence-corrected chi connectivity index (χ0v) is 11.5. The summed E-state index contributed by atoms with van der Waals surface area (Å²) in [7, 11) is 0. The molecule has 0 aromatic heterocycles. The minimum absolute atomic E-state index is 0.258. The number of hydrogen-bond acceptors (Lipinski definition) is 4. The maximum atomic E-state index is 13.3. The van der Waals surface area contributed by atoms with Crippen LogP contribution in [0.5, 0.6) is 0 Å². The molecule has 2 aromatic rings. The van der Waals surface area contributed by atoms with Crippen molar-refractivity contribution >= 4 is 34.8 Å². The summed E-state index contributed by atoms with van der Waals surface area (Å²) in [5.41, 5.74) is 5.81. The van der Waals surface area contributed by atoms with E-state index in [9.17, 15) is 9.18 Å². The summed E-state index contributed by atoms with van der Waals surface area (Å²) in [5.74, 6) is -2.02. The van der Waals surface area contributed by atoms with Crippen molar-refractivity contribution in [2.45, 2.75) is 4.90 Å². The van der Waals surface area contributed by atoms with Gasteiger partial charge in [-0.1, -0.05) is 0 Å². The fourth-order valence-electron chi connectivity index (χ4n) is 1.76. The number of benzene rings is 2. The minimum Gasteiger partial charge on any atom is -0.478 e. The number of carbonyl (C=O) groups is 1. The third-order valence-electron chi connectivity index (χ3n) is 2.78. The lowest BCUT2D eigenvalue weighted by Crippen LogP contribution is -2.08. The molecule has 104 valence electrons. The number of nitrogens with one attached hydrogen (secondary N) is 1. The quantitative estimate of drug-likeness (QED) is 0.593. The van der Waals surface area contributed by atoms with E-state index in [1.807, 2.05) is 30.5 Å². The van der Waals surface area contributed by atoms with Gasteiger partial charge in [0.2, 0.25) is 0 Å². The van der Waals surface area contributed by atoms with Crippen LogP contribution in [0.4, 0.5) is 21.5 Å². The number of carboxylic acid groups (broad SMARTS) is 1. The summed E-state index contributed by atoms with van der Waals surface area (Å²) < 4.78 is 13.3. The Labute approximate surface area is 119 Å². The van der Waals surface area contributed by atoms with E-state index < -0.39 is 11.8 Å². The smallest absolute Gasteiger partial charge is 0.340 e. The highest BCUT2D eigenvalue weighted by atomic mass is 32.2. The molecule has 0 saturated carbocycles. The van der Waals surface area contributed by atoms with Crippen molar-refractivity contribution in [2.75, 3.05) is 17.3 Å². The first kappa shape index (κ1) is 14.2. The SMILES string of the molecule is CSc1ccc(Nc2ccc(F)c(N)c2C(=O)O)cc1. The van der Waals surface area contributed by atoms with Crippen LogP contribution in [0.15, 0.2) is 41.3 Å². The van der Waals surface area contributed by atoms with Gasteiger partial charge in [0.15, 0.2) is 0 Å². The molecule has 2 aromatic carbocycles. The number of aromatic carboxylic acids is 1. The average Bonchev–Trinajstić information content (AvgIpc) is 2.43. The van der Waals surface area contributed by atoms with E-state index in [1.165, 1.54) is 6.07 Å². The van der Waals surface area contributed by atoms with Crippen LogP contribution in [0, 0.1) is 5.82 Å². The lowest BCUT2D eigenvalue weighted by atomic mass is 10.1. The lowest BCUT2D eigenvalue weighted by Gasteiger charge is -2.12. The normalized spacial score (nSPS) is 10.3. The van der Waals surface area contributed by atoms with E-state index in [0.29, 0.717) is 5.69 Å². The number of carboxylic acids is 1. The van der Waals surface area contributed by atoms with Gasteiger partial charge in [0, 0.05) is 10.6 Å². The Bertz CT molecular complexity index is 644. The molecular weight excluding hydrogens is 279 g/mol. The average molecular weight is 292 g/mol. The van der Waals surface area contributed by atoms with E-state index in [2.05, 4.69) is 5.32 Å². The van der Waals surface area contributed by atoms with Crippen LogP contribution >= 0.6 is 11.8 Å². The van der Waals surface area contributed by atoms with Crippen LogP contribution in [0.25, 0.3) is 0 Å². The standard InChI is InChI=1S/C14H13FN2O2S/c1-20-9-4-2-8(3-5-9)17-11-7-6-10(15)13(16)12(11)14(18)19/h2-7,17H,16H2,1H3,(H,18,19). The first-order chi connectivity index (χ1) is 9.52. The number of rotatable bonds is 4. The highest BCUT2D eigenvalue weighted by Crippen LogP contribution is 2.28. The molecule has 0 heterocycles. The summed E-state index contributed by atoms with van der Waals surface area (Å²) in [6, 6.07) is 9.94. The van der Waals surface area contributed by atoms with Gasteiger partial charge in [-0.15, -0.1) is 11.8 Å². The zero-order chi connectivity index (χ0) is 14.7. The van der Waals surface area contributed by atoms with Crippen molar-refractivity contribution in [2.24, 2.45) is 0 Å². The molecule has 0 amide bonds. The Balaban J connectivity index is 2.37. The molecule has 0 fully saturated rings. The highest BCUT2D eigenvalue weighted by Gasteiger charge is 2.17. The summed E-state index contributed by atoms with van der Waals surface area (Å²) in [6.07, 6.45) is 1.96. The van der Waals surface area contributed by atoms with Crippen molar-refractivity contribution in [3.63, 3.8) is 0 Å². The van der Waals surface area contributed by atoms with Crippen molar-refractivity contribution in [1.29, 1.82) is 0 Å². The second-order valence-electron chi connectivity index (χ2n) is 4.04. The van der Waals surface area contributed by atoms with Gasteiger partial charge in [-0.25, -0.2) is 9.18 Å². The Morgan fingerprint density at radius 3 is 2.45 bits per heavy atom. The monoisotopic (exact) mass is 292 g/mol. The highest BCUT2D eigenvalue weighted by molar-refractivity contribution is 7.98. The fraction of sp³-hybridized carbons (Fsp3) is 0.0714. The third kappa shape index (κ3) is 2.85.